The number of hydrogen-bond acceptors (Lipinski definition) is 6. The number of para-hydroxylation sites is 2. The van der Waals surface area contributed by atoms with Crippen molar-refractivity contribution in [2.24, 2.45) is 21.0 Å². The number of nitro benzene ring substituents is 1. The molecule has 9 nitrogen and oxygen atoms in total. The summed E-state index contributed by atoms with van der Waals surface area (Å²) in [7, 11) is 0. The number of anilines is 2. The molecule has 2 heterocycles. The molecular weight excluding hydrogens is 458 g/mol. The number of carbonyl (C=O) groups excluding carboxylic acids is 2. The summed E-state index contributed by atoms with van der Waals surface area (Å²) in [4.78, 5) is 39.6. The second-order valence-corrected chi connectivity index (χ2v) is 9.18. The summed E-state index contributed by atoms with van der Waals surface area (Å²) >= 11 is 0. The first kappa shape index (κ1) is 21.8. The van der Waals surface area contributed by atoms with Crippen molar-refractivity contribution in [1.29, 1.82) is 0 Å². The van der Waals surface area contributed by atoms with Gasteiger partial charge in [0, 0.05) is 18.1 Å². The van der Waals surface area contributed by atoms with Gasteiger partial charge in [-0.05, 0) is 43.7 Å². The van der Waals surface area contributed by atoms with Crippen LogP contribution in [0.25, 0.3) is 0 Å². The van der Waals surface area contributed by atoms with Gasteiger partial charge in [0.2, 0.25) is 0 Å². The van der Waals surface area contributed by atoms with Crippen LogP contribution >= 0.6 is 0 Å². The van der Waals surface area contributed by atoms with Crippen LogP contribution in [0.5, 0.6) is 0 Å². The Bertz CT molecular complexity index is 1420. The molecule has 1 fully saturated rings. The van der Waals surface area contributed by atoms with Crippen molar-refractivity contribution in [2.75, 3.05) is 10.0 Å². The molecule has 1 unspecified atom stereocenters. The van der Waals surface area contributed by atoms with E-state index in [0.717, 1.165) is 0 Å². The van der Waals surface area contributed by atoms with Crippen molar-refractivity contribution in [3.05, 3.63) is 101 Å². The number of amides is 2. The number of non-ortho nitro benzene ring substituents is 1. The molecule has 3 aliphatic rings. The van der Waals surface area contributed by atoms with Crippen LogP contribution in [0.1, 0.15) is 25.3 Å². The van der Waals surface area contributed by atoms with Crippen LogP contribution in [0.15, 0.2) is 95.1 Å². The predicted octanol–water partition coefficient (Wildman–Crippen LogP) is 4.51. The lowest BCUT2D eigenvalue weighted by molar-refractivity contribution is -0.384. The minimum atomic E-state index is -1.34. The highest BCUT2D eigenvalue weighted by Gasteiger charge is 2.91. The van der Waals surface area contributed by atoms with Crippen LogP contribution < -0.4 is 10.0 Å². The smallest absolute Gasteiger partial charge is 0.269 e. The molecule has 3 aromatic carbocycles. The van der Waals surface area contributed by atoms with E-state index in [2.05, 4.69) is 10.2 Å². The summed E-state index contributed by atoms with van der Waals surface area (Å²) in [6, 6.07) is 24.2. The lowest BCUT2D eigenvalue weighted by atomic mass is 9.85. The molecule has 2 aliphatic heterocycles. The number of carbonyl (C=O) groups is 2. The molecule has 1 aliphatic carbocycles. The highest BCUT2D eigenvalue weighted by molar-refractivity contribution is 6.37. The Morgan fingerprint density at radius 1 is 0.750 bits per heavy atom. The number of hydrogen-bond donors (Lipinski definition) is 0. The van der Waals surface area contributed by atoms with Crippen LogP contribution in [-0.4, -0.2) is 28.2 Å². The van der Waals surface area contributed by atoms with Gasteiger partial charge in [-0.2, -0.15) is 20.2 Å². The topological polar surface area (TPSA) is 108 Å². The summed E-state index contributed by atoms with van der Waals surface area (Å²) in [6.45, 7) is 3.48. The first-order valence-electron chi connectivity index (χ1n) is 11.5. The van der Waals surface area contributed by atoms with E-state index in [4.69, 9.17) is 0 Å². The molecule has 178 valence electrons. The van der Waals surface area contributed by atoms with Gasteiger partial charge in [0.15, 0.2) is 0 Å². The minimum absolute atomic E-state index is 0.107. The zero-order chi connectivity index (χ0) is 25.2. The van der Waals surface area contributed by atoms with Gasteiger partial charge in [-0.1, -0.05) is 48.5 Å². The number of nitrogens with zero attached hydrogens (tertiary/aromatic N) is 5. The molecule has 3 aromatic rings. The Hall–Kier alpha value is -4.66. The third kappa shape index (κ3) is 2.54. The maximum atomic E-state index is 14.3. The number of fused-ring (bicyclic) bond motifs is 1. The van der Waals surface area contributed by atoms with Gasteiger partial charge in [0.25, 0.3) is 17.5 Å². The van der Waals surface area contributed by atoms with E-state index < -0.39 is 21.7 Å². The average molecular weight is 479 g/mol. The summed E-state index contributed by atoms with van der Waals surface area (Å²) in [5, 5.41) is 23.5. The number of hydrazone groups is 2. The molecule has 0 saturated heterocycles. The van der Waals surface area contributed by atoms with Crippen LogP contribution in [0.2, 0.25) is 0 Å². The summed E-state index contributed by atoms with van der Waals surface area (Å²) in [5.41, 5.74) is -0.142. The number of rotatable bonds is 4. The minimum Gasteiger partial charge on any atom is -0.271 e. The van der Waals surface area contributed by atoms with Crippen molar-refractivity contribution in [3.63, 3.8) is 0 Å². The largest absolute Gasteiger partial charge is 0.271 e. The van der Waals surface area contributed by atoms with E-state index in [1.807, 2.05) is 36.4 Å². The van der Waals surface area contributed by atoms with E-state index in [0.29, 0.717) is 28.4 Å². The molecule has 0 bridgehead atoms. The molecule has 6 rings (SSSR count). The zero-order valence-electron chi connectivity index (χ0n) is 19.5. The first-order chi connectivity index (χ1) is 17.3. The first-order valence-corrected chi connectivity index (χ1v) is 11.5. The highest BCUT2D eigenvalue weighted by Crippen LogP contribution is 2.79. The second-order valence-electron chi connectivity index (χ2n) is 9.18. The normalized spacial score (nSPS) is 26.6. The van der Waals surface area contributed by atoms with E-state index >= 15 is 0 Å². The van der Waals surface area contributed by atoms with E-state index in [1.165, 1.54) is 22.2 Å². The molecule has 1 saturated carbocycles. The monoisotopic (exact) mass is 479 g/mol. The van der Waals surface area contributed by atoms with Crippen molar-refractivity contribution in [3.8, 4) is 0 Å². The molecule has 36 heavy (non-hydrogen) atoms. The Kier molecular flexibility index (Phi) is 4.50. The Balaban J connectivity index is 1.55. The molecular formula is C27H21N5O4. The highest BCUT2D eigenvalue weighted by atomic mass is 16.6. The van der Waals surface area contributed by atoms with E-state index in [1.54, 1.807) is 50.2 Å². The van der Waals surface area contributed by atoms with Gasteiger partial charge in [0.05, 0.1) is 27.7 Å². The molecule has 3 atom stereocenters. The SMILES string of the molecule is CC1=NN(c2ccccc2)C(=O)[C@@]12C(c1cccc([N+](=O)[O-])c1)[C@]21C(=O)N(c2ccccc2)N=C1C. The van der Waals surface area contributed by atoms with E-state index in [-0.39, 0.29) is 17.5 Å². The maximum Gasteiger partial charge on any atom is 0.269 e. The molecule has 0 N–H and O–H groups in total. The van der Waals surface area contributed by atoms with Crippen molar-refractivity contribution in [1.82, 2.24) is 0 Å². The Labute approximate surface area is 206 Å². The van der Waals surface area contributed by atoms with Gasteiger partial charge in [-0.25, -0.2) is 0 Å². The van der Waals surface area contributed by atoms with Crippen LogP contribution in [-0.2, 0) is 9.59 Å². The predicted molar refractivity (Wildman–Crippen MR) is 135 cm³/mol. The fourth-order valence-electron chi connectivity index (χ4n) is 6.05. The second kappa shape index (κ2) is 7.42. The van der Waals surface area contributed by atoms with Crippen molar-refractivity contribution >= 4 is 40.3 Å². The zero-order valence-corrected chi connectivity index (χ0v) is 19.5. The average Bonchev–Trinajstić information content (AvgIpc) is 3.38. The molecule has 0 aromatic heterocycles. The quantitative estimate of drug-likeness (QED) is 0.405. The van der Waals surface area contributed by atoms with E-state index in [9.17, 15) is 19.7 Å². The van der Waals surface area contributed by atoms with Gasteiger partial charge in [0.1, 0.15) is 10.8 Å². The third-order valence-electron chi connectivity index (χ3n) is 7.52. The fourth-order valence-corrected chi connectivity index (χ4v) is 6.05. The summed E-state index contributed by atoms with van der Waals surface area (Å²) in [6.07, 6.45) is 0. The van der Waals surface area contributed by atoms with Gasteiger partial charge >= 0.3 is 0 Å². The van der Waals surface area contributed by atoms with Crippen molar-refractivity contribution in [2.45, 2.75) is 19.8 Å². The van der Waals surface area contributed by atoms with Gasteiger partial charge < -0.3 is 0 Å². The molecule has 2 amide bonds. The Morgan fingerprint density at radius 3 is 1.67 bits per heavy atom. The molecule has 9 heteroatoms. The van der Waals surface area contributed by atoms with Crippen LogP contribution in [0.4, 0.5) is 17.1 Å². The summed E-state index contributed by atoms with van der Waals surface area (Å²) < 4.78 is 0. The number of benzene rings is 3. The Morgan fingerprint density at radius 2 is 1.22 bits per heavy atom. The molecule has 2 spiro atoms. The fraction of sp³-hybridized carbons (Fsp3) is 0.185. The molecule has 0 radical (unpaired) electrons. The number of nitro groups is 1. The lowest BCUT2D eigenvalue weighted by Gasteiger charge is -2.18. The van der Waals surface area contributed by atoms with Gasteiger partial charge in [-0.3, -0.25) is 19.7 Å². The van der Waals surface area contributed by atoms with Crippen LogP contribution in [0, 0.1) is 20.9 Å². The summed E-state index contributed by atoms with van der Waals surface area (Å²) in [5.74, 6) is -1.39. The standard InChI is InChI=1S/C27H21N5O4/c1-17-26(24(33)30(28-17)20-11-5-3-6-12-20)23(19-10-9-15-22(16-19)32(35)36)27(26)18(2)29-31(25(27)34)21-13-7-4-8-14-21/h3-16,23H,1-2H3/t23?,26-,27+. The third-order valence-corrected chi connectivity index (χ3v) is 7.52. The lowest BCUT2D eigenvalue weighted by Crippen LogP contribution is -2.40. The van der Waals surface area contributed by atoms with Gasteiger partial charge in [-0.15, -0.1) is 0 Å². The maximum absolute atomic E-state index is 14.3. The van der Waals surface area contributed by atoms with Crippen LogP contribution in [0.3, 0.4) is 0 Å². The van der Waals surface area contributed by atoms with Crippen molar-refractivity contribution < 1.29 is 14.5 Å².